The molecule has 0 amide bonds. The Hall–Kier alpha value is -3.36. The number of aliphatic hydroxyl groups excluding tert-OH is 2. The molecule has 4 fully saturated rings. The predicted octanol–water partition coefficient (Wildman–Crippen LogP) is 5.14. The lowest BCUT2D eigenvalue weighted by molar-refractivity contribution is -0.0107. The van der Waals surface area contributed by atoms with E-state index in [2.05, 4.69) is 14.9 Å². The zero-order valence-corrected chi connectivity index (χ0v) is 30.1. The standard InChI is InChI=1S/C34H43ClFN7O5.C2H6/c1-18-23(35)11-24(38)22(12-37)26(18)29-28(36)30-27(32(39-29)46-2)31(42-13-20(45)16-47-21(14-42)15-44)41-33(40-30)48-17-34-8-3-5-25(34)43(10-4-9-34)19-6-7-19;1-2/h11-12,19-21,25,37,44-45H,3-10,13-17,38H2,1-2H3;1-2H3/t20?,21-,25?,34?;/m1./s1. The van der Waals surface area contributed by atoms with E-state index in [0.29, 0.717) is 29.3 Å². The zero-order chi connectivity index (χ0) is 35.7. The molecule has 2 saturated heterocycles. The number of nitrogens with two attached hydrogens (primary N) is 1. The van der Waals surface area contributed by atoms with Crippen molar-refractivity contribution in [3.8, 4) is 23.1 Å². The molecule has 7 rings (SSSR count). The Balaban J connectivity index is 0.00000212. The fraction of sp³-hybridized carbons (Fsp3) is 0.611. The zero-order valence-electron chi connectivity index (χ0n) is 29.3. The number of nitrogen functional groups attached to an aromatic ring is 1. The van der Waals surface area contributed by atoms with Crippen molar-refractivity contribution in [1.29, 1.82) is 5.41 Å². The van der Waals surface area contributed by atoms with Gasteiger partial charge in [-0.3, -0.25) is 4.90 Å². The highest BCUT2D eigenvalue weighted by atomic mass is 35.5. The molecule has 3 unspecified atom stereocenters. The van der Waals surface area contributed by atoms with Crippen molar-refractivity contribution in [2.45, 2.75) is 90.0 Å². The number of rotatable bonds is 9. The Bertz CT molecular complexity index is 1730. The Morgan fingerprint density at radius 2 is 1.94 bits per heavy atom. The molecule has 12 nitrogen and oxygen atoms in total. The molecule has 2 aliphatic carbocycles. The highest BCUT2D eigenvalue weighted by Gasteiger charge is 2.51. The predicted molar refractivity (Wildman–Crippen MR) is 192 cm³/mol. The van der Waals surface area contributed by atoms with Crippen molar-refractivity contribution in [3.63, 3.8) is 0 Å². The lowest BCUT2D eigenvalue weighted by Crippen LogP contribution is -2.52. The number of ether oxygens (including phenoxy) is 3. The molecule has 1 aromatic carbocycles. The van der Waals surface area contributed by atoms with E-state index in [1.54, 1.807) is 11.8 Å². The van der Waals surface area contributed by atoms with Gasteiger partial charge in [0.2, 0.25) is 5.88 Å². The topological polar surface area (TPSA) is 163 Å². The van der Waals surface area contributed by atoms with Gasteiger partial charge in [0.25, 0.3) is 0 Å². The van der Waals surface area contributed by atoms with Crippen molar-refractivity contribution >= 4 is 40.2 Å². The number of benzene rings is 1. The van der Waals surface area contributed by atoms with E-state index >= 15 is 4.39 Å². The number of fused-ring (bicyclic) bond motifs is 2. The number of hydrogen-bond donors (Lipinski definition) is 4. The van der Waals surface area contributed by atoms with Gasteiger partial charge in [-0.2, -0.15) is 9.97 Å². The summed E-state index contributed by atoms with van der Waals surface area (Å²) in [6.45, 7) is 7.22. The van der Waals surface area contributed by atoms with E-state index in [0.717, 1.165) is 44.9 Å². The van der Waals surface area contributed by atoms with Gasteiger partial charge in [0.1, 0.15) is 22.4 Å². The number of nitrogens with zero attached hydrogens (tertiary/aromatic N) is 5. The first-order valence-corrected chi connectivity index (χ1v) is 18.1. The van der Waals surface area contributed by atoms with Crippen LogP contribution in [0.25, 0.3) is 22.2 Å². The third kappa shape index (κ3) is 6.70. The summed E-state index contributed by atoms with van der Waals surface area (Å²) in [6, 6.07) is 2.62. The lowest BCUT2D eigenvalue weighted by atomic mass is 9.75. The number of halogens is 2. The first-order valence-electron chi connectivity index (χ1n) is 17.8. The van der Waals surface area contributed by atoms with Gasteiger partial charge in [0, 0.05) is 58.6 Å². The van der Waals surface area contributed by atoms with Crippen molar-refractivity contribution in [3.05, 3.63) is 28.0 Å². The smallest absolute Gasteiger partial charge is 0.319 e. The lowest BCUT2D eigenvalue weighted by Gasteiger charge is -2.46. The van der Waals surface area contributed by atoms with Crippen LogP contribution in [0.2, 0.25) is 5.02 Å². The average Bonchev–Trinajstić information content (AvgIpc) is 3.91. The Morgan fingerprint density at radius 3 is 2.64 bits per heavy atom. The minimum atomic E-state index is -0.903. The number of nitrogens with one attached hydrogen (secondary N) is 1. The molecule has 2 aliphatic heterocycles. The molecule has 0 spiro atoms. The molecule has 4 heterocycles. The van der Waals surface area contributed by atoms with E-state index in [1.165, 1.54) is 26.0 Å². The van der Waals surface area contributed by atoms with Crippen LogP contribution in [0.3, 0.4) is 0 Å². The Labute approximate surface area is 297 Å². The van der Waals surface area contributed by atoms with Crippen LogP contribution >= 0.6 is 11.6 Å². The van der Waals surface area contributed by atoms with Crippen molar-refractivity contribution in [1.82, 2.24) is 19.9 Å². The molecular formula is C36H49ClFN7O5. The van der Waals surface area contributed by atoms with Crippen molar-refractivity contribution in [2.75, 3.05) is 57.2 Å². The number of pyridine rings is 1. The van der Waals surface area contributed by atoms with Gasteiger partial charge >= 0.3 is 6.01 Å². The van der Waals surface area contributed by atoms with E-state index in [1.807, 2.05) is 13.8 Å². The number of β-amino-alcohol motifs (C(OH)–C–C–N with tert-alkyl or cyclic N) is 1. The van der Waals surface area contributed by atoms with Crippen molar-refractivity contribution < 1.29 is 28.8 Å². The van der Waals surface area contributed by atoms with Crippen LogP contribution in [-0.2, 0) is 4.74 Å². The van der Waals surface area contributed by atoms with E-state index < -0.39 is 18.0 Å². The fourth-order valence-corrected chi connectivity index (χ4v) is 8.37. The third-order valence-corrected chi connectivity index (χ3v) is 11.0. The number of aliphatic hydroxyl groups is 2. The first kappa shape index (κ1) is 36.4. The Morgan fingerprint density at radius 1 is 1.18 bits per heavy atom. The molecule has 0 bridgehead atoms. The average molecular weight is 714 g/mol. The van der Waals surface area contributed by atoms with Gasteiger partial charge in [0.05, 0.1) is 39.1 Å². The minimum Gasteiger partial charge on any atom is -0.480 e. The normalized spacial score (nSPS) is 25.4. The summed E-state index contributed by atoms with van der Waals surface area (Å²) in [5, 5.41) is 29.3. The molecule has 0 radical (unpaired) electrons. The van der Waals surface area contributed by atoms with Gasteiger partial charge in [-0.15, -0.1) is 0 Å². The summed E-state index contributed by atoms with van der Waals surface area (Å²) in [7, 11) is 1.42. The number of aromatic nitrogens is 3. The second kappa shape index (κ2) is 15.1. The molecule has 14 heteroatoms. The van der Waals surface area contributed by atoms with E-state index in [9.17, 15) is 10.2 Å². The summed E-state index contributed by atoms with van der Waals surface area (Å²) in [6.07, 6.45) is 7.49. The number of hydrogen-bond acceptors (Lipinski definition) is 12. The number of methoxy groups -OCH3 is 1. The highest BCUT2D eigenvalue weighted by Crippen LogP contribution is 2.51. The van der Waals surface area contributed by atoms with Crippen LogP contribution in [0, 0.1) is 23.6 Å². The quantitative estimate of drug-likeness (QED) is 0.172. The molecule has 2 aromatic heterocycles. The molecule has 50 heavy (non-hydrogen) atoms. The molecular weight excluding hydrogens is 665 g/mol. The van der Waals surface area contributed by atoms with Gasteiger partial charge in [-0.05, 0) is 63.6 Å². The van der Waals surface area contributed by atoms with Crippen LogP contribution in [0.5, 0.6) is 11.9 Å². The van der Waals surface area contributed by atoms with Gasteiger partial charge in [-0.1, -0.05) is 31.9 Å². The summed E-state index contributed by atoms with van der Waals surface area (Å²) in [4.78, 5) is 18.5. The molecule has 4 atom stereocenters. The second-order valence-corrected chi connectivity index (χ2v) is 14.1. The first-order chi connectivity index (χ1) is 24.2. The molecule has 2 saturated carbocycles. The van der Waals surface area contributed by atoms with Crippen LogP contribution < -0.4 is 20.1 Å². The third-order valence-electron chi connectivity index (χ3n) is 10.6. The molecule has 3 aromatic rings. The SMILES string of the molecule is CC.COc1nc(-c2c(C)c(Cl)cc(N)c2C=N)c(F)c2nc(OCC34CCCC3N(C3CC3)CCC4)nc(N3CC(O)CO[C@@H](CO)C3)c12. The second-order valence-electron chi connectivity index (χ2n) is 13.7. The summed E-state index contributed by atoms with van der Waals surface area (Å²) >= 11 is 6.49. The maximum absolute atomic E-state index is 17.1. The monoisotopic (exact) mass is 713 g/mol. The number of likely N-dealkylation sites (tertiary alicyclic amines) is 1. The largest absolute Gasteiger partial charge is 0.480 e. The minimum absolute atomic E-state index is 0.00557. The number of anilines is 2. The summed E-state index contributed by atoms with van der Waals surface area (Å²) in [5.74, 6) is -0.517. The van der Waals surface area contributed by atoms with E-state index in [-0.39, 0.29) is 82.8 Å². The number of piperidine rings is 1. The van der Waals surface area contributed by atoms with Gasteiger partial charge < -0.3 is 40.5 Å². The maximum Gasteiger partial charge on any atom is 0.319 e. The van der Waals surface area contributed by atoms with E-state index in [4.69, 9.17) is 41.9 Å². The highest BCUT2D eigenvalue weighted by molar-refractivity contribution is 6.32. The van der Waals surface area contributed by atoms with Crippen LogP contribution in [0.1, 0.15) is 69.9 Å². The van der Waals surface area contributed by atoms with Crippen LogP contribution in [-0.4, -0.2) is 107 Å². The van der Waals surface area contributed by atoms with Gasteiger partial charge in [-0.25, -0.2) is 9.37 Å². The summed E-state index contributed by atoms with van der Waals surface area (Å²) in [5.41, 5.74) is 7.17. The molecule has 4 aliphatic rings. The maximum atomic E-state index is 17.1. The summed E-state index contributed by atoms with van der Waals surface area (Å²) < 4.78 is 35.0. The fourth-order valence-electron chi connectivity index (χ4n) is 8.16. The van der Waals surface area contributed by atoms with Crippen LogP contribution in [0.15, 0.2) is 6.07 Å². The van der Waals surface area contributed by atoms with Gasteiger partial charge in [0.15, 0.2) is 5.82 Å². The molecule has 5 N–H and O–H groups in total. The Kier molecular flexibility index (Phi) is 11.0. The van der Waals surface area contributed by atoms with Crippen molar-refractivity contribution in [2.24, 2.45) is 5.41 Å². The molecule has 272 valence electrons. The van der Waals surface area contributed by atoms with Crippen LogP contribution in [0.4, 0.5) is 15.9 Å².